The molecule has 0 bridgehead atoms. The minimum absolute atomic E-state index is 0.111. The van der Waals surface area contributed by atoms with E-state index in [0.717, 1.165) is 24.2 Å². The van der Waals surface area contributed by atoms with Gasteiger partial charge in [-0.05, 0) is 25.8 Å². The van der Waals surface area contributed by atoms with Crippen molar-refractivity contribution in [2.45, 2.75) is 64.0 Å². The molecule has 0 unspecified atom stereocenters. The highest BCUT2D eigenvalue weighted by molar-refractivity contribution is 5.97. The summed E-state index contributed by atoms with van der Waals surface area (Å²) in [4.78, 5) is 14.8. The van der Waals surface area contributed by atoms with E-state index < -0.39 is 0 Å². The van der Waals surface area contributed by atoms with Crippen LogP contribution in [0.15, 0.2) is 18.2 Å². The summed E-state index contributed by atoms with van der Waals surface area (Å²) in [5.41, 5.74) is 1.90. The number of hydrogen-bond acceptors (Lipinski definition) is 2. The van der Waals surface area contributed by atoms with Crippen molar-refractivity contribution in [1.82, 2.24) is 4.90 Å². The first-order valence-corrected chi connectivity index (χ1v) is 8.16. The fourth-order valence-corrected chi connectivity index (χ4v) is 3.58. The van der Waals surface area contributed by atoms with Crippen LogP contribution >= 0.6 is 0 Å². The van der Waals surface area contributed by atoms with Crippen LogP contribution in [0.1, 0.15) is 67.8 Å². The molecule has 2 atom stereocenters. The molecular weight excluding hydrogens is 262 g/mol. The number of nitrogens with zero attached hydrogens (tertiary/aromatic N) is 1. The lowest BCUT2D eigenvalue weighted by Gasteiger charge is -2.31. The third-order valence-corrected chi connectivity index (χ3v) is 5.22. The Morgan fingerprint density at radius 3 is 2.62 bits per heavy atom. The molecule has 2 aliphatic rings. The fourth-order valence-electron chi connectivity index (χ4n) is 3.58. The largest absolute Gasteiger partial charge is 0.489 e. The van der Waals surface area contributed by atoms with Crippen LogP contribution < -0.4 is 4.74 Å². The summed E-state index contributed by atoms with van der Waals surface area (Å²) >= 11 is 0. The summed E-state index contributed by atoms with van der Waals surface area (Å²) in [5, 5.41) is 0. The molecule has 1 aromatic rings. The van der Waals surface area contributed by atoms with Gasteiger partial charge in [-0.15, -0.1) is 0 Å². The molecule has 0 N–H and O–H groups in total. The van der Waals surface area contributed by atoms with Crippen LogP contribution in [0.4, 0.5) is 0 Å². The molecular formula is C18H25NO2. The number of amides is 1. The Bertz CT molecular complexity index is 534. The summed E-state index contributed by atoms with van der Waals surface area (Å²) in [6, 6.07) is 6.36. The third-order valence-electron chi connectivity index (χ3n) is 5.22. The lowest BCUT2D eigenvalue weighted by Crippen LogP contribution is -2.38. The number of hydrogen-bond donors (Lipinski definition) is 0. The zero-order valence-corrected chi connectivity index (χ0v) is 13.3. The second-order valence-corrected chi connectivity index (χ2v) is 6.54. The van der Waals surface area contributed by atoms with Crippen LogP contribution in [0.2, 0.25) is 0 Å². The van der Waals surface area contributed by atoms with Crippen molar-refractivity contribution in [3.63, 3.8) is 0 Å². The van der Waals surface area contributed by atoms with E-state index in [-0.39, 0.29) is 12.0 Å². The van der Waals surface area contributed by atoms with E-state index in [2.05, 4.69) is 19.9 Å². The topological polar surface area (TPSA) is 29.5 Å². The van der Waals surface area contributed by atoms with E-state index in [1.807, 2.05) is 24.1 Å². The molecule has 0 saturated heterocycles. The van der Waals surface area contributed by atoms with Crippen LogP contribution in [0.25, 0.3) is 0 Å². The summed E-state index contributed by atoms with van der Waals surface area (Å²) in [6.45, 7) is 4.24. The zero-order valence-electron chi connectivity index (χ0n) is 13.3. The highest BCUT2D eigenvalue weighted by atomic mass is 16.5. The van der Waals surface area contributed by atoms with Crippen molar-refractivity contribution in [2.24, 2.45) is 0 Å². The highest BCUT2D eigenvalue weighted by Crippen LogP contribution is 2.40. The molecule has 1 saturated carbocycles. The molecule has 1 fully saturated rings. The van der Waals surface area contributed by atoms with E-state index in [0.29, 0.717) is 12.0 Å². The molecule has 0 radical (unpaired) electrons. The highest BCUT2D eigenvalue weighted by Gasteiger charge is 2.33. The minimum Gasteiger partial charge on any atom is -0.489 e. The average Bonchev–Trinajstić information content (AvgIpc) is 2.82. The standard InChI is InChI=1S/C18H25NO2/c1-12-13(2)21-17-15(12)10-7-11-16(17)18(20)19(3)14-8-5-4-6-9-14/h7,10-14H,4-6,8-9H2,1-3H3/t12-,13+/m0/s1. The molecule has 3 rings (SSSR count). The van der Waals surface area contributed by atoms with Gasteiger partial charge in [-0.25, -0.2) is 0 Å². The molecule has 3 heteroatoms. The number of fused-ring (bicyclic) bond motifs is 1. The Labute approximate surface area is 127 Å². The normalized spacial score (nSPS) is 25.3. The van der Waals surface area contributed by atoms with Crippen LogP contribution in [0.5, 0.6) is 5.75 Å². The van der Waals surface area contributed by atoms with E-state index in [1.165, 1.54) is 24.8 Å². The number of carbonyl (C=O) groups is 1. The number of rotatable bonds is 2. The maximum atomic E-state index is 12.9. The van der Waals surface area contributed by atoms with Crippen molar-refractivity contribution < 1.29 is 9.53 Å². The van der Waals surface area contributed by atoms with Gasteiger partial charge in [0.1, 0.15) is 11.9 Å². The molecule has 1 aromatic carbocycles. The Morgan fingerprint density at radius 1 is 1.19 bits per heavy atom. The van der Waals surface area contributed by atoms with Gasteiger partial charge in [0.05, 0.1) is 5.56 Å². The van der Waals surface area contributed by atoms with Gasteiger partial charge in [-0.1, -0.05) is 38.3 Å². The summed E-state index contributed by atoms with van der Waals surface area (Å²) in [7, 11) is 1.94. The fraction of sp³-hybridized carbons (Fsp3) is 0.611. The maximum Gasteiger partial charge on any atom is 0.257 e. The molecule has 0 aromatic heterocycles. The number of benzene rings is 1. The lowest BCUT2D eigenvalue weighted by atomic mass is 9.93. The SMILES string of the molecule is C[C@@H]1c2cccc(C(=O)N(C)C3CCCCC3)c2O[C@@H]1C. The first-order valence-electron chi connectivity index (χ1n) is 8.16. The molecule has 1 aliphatic carbocycles. The van der Waals surface area contributed by atoms with Gasteiger partial charge in [0.15, 0.2) is 0 Å². The average molecular weight is 287 g/mol. The molecule has 3 nitrogen and oxygen atoms in total. The summed E-state index contributed by atoms with van der Waals surface area (Å²) in [5.74, 6) is 1.28. The Morgan fingerprint density at radius 2 is 1.90 bits per heavy atom. The van der Waals surface area contributed by atoms with Crippen molar-refractivity contribution in [2.75, 3.05) is 7.05 Å². The van der Waals surface area contributed by atoms with Crippen LogP contribution in [0, 0.1) is 0 Å². The van der Waals surface area contributed by atoms with Gasteiger partial charge >= 0.3 is 0 Å². The predicted octanol–water partition coefficient (Wildman–Crippen LogP) is 3.98. The minimum atomic E-state index is 0.111. The first-order chi connectivity index (χ1) is 10.1. The quantitative estimate of drug-likeness (QED) is 0.823. The predicted molar refractivity (Wildman–Crippen MR) is 83.9 cm³/mol. The van der Waals surface area contributed by atoms with Crippen molar-refractivity contribution >= 4 is 5.91 Å². The van der Waals surface area contributed by atoms with Crippen molar-refractivity contribution in [3.8, 4) is 5.75 Å². The first kappa shape index (κ1) is 14.4. The second-order valence-electron chi connectivity index (χ2n) is 6.54. The maximum absolute atomic E-state index is 12.9. The Balaban J connectivity index is 1.86. The molecule has 1 aliphatic heterocycles. The van der Waals surface area contributed by atoms with Gasteiger partial charge in [0.2, 0.25) is 0 Å². The van der Waals surface area contributed by atoms with E-state index in [1.54, 1.807) is 0 Å². The zero-order chi connectivity index (χ0) is 15.0. The molecule has 1 heterocycles. The van der Waals surface area contributed by atoms with Gasteiger partial charge in [-0.2, -0.15) is 0 Å². The second kappa shape index (κ2) is 5.70. The summed E-state index contributed by atoms with van der Waals surface area (Å²) in [6.07, 6.45) is 6.18. The van der Waals surface area contributed by atoms with Crippen LogP contribution in [-0.2, 0) is 0 Å². The van der Waals surface area contributed by atoms with Crippen molar-refractivity contribution in [3.05, 3.63) is 29.3 Å². The molecule has 114 valence electrons. The molecule has 1 amide bonds. The number of ether oxygens (including phenoxy) is 1. The third kappa shape index (κ3) is 2.54. The van der Waals surface area contributed by atoms with Gasteiger partial charge in [0.25, 0.3) is 5.91 Å². The van der Waals surface area contributed by atoms with Gasteiger partial charge in [0, 0.05) is 24.6 Å². The number of carbonyl (C=O) groups excluding carboxylic acids is 1. The molecule has 21 heavy (non-hydrogen) atoms. The van der Waals surface area contributed by atoms with Crippen LogP contribution in [0.3, 0.4) is 0 Å². The monoisotopic (exact) mass is 287 g/mol. The van der Waals surface area contributed by atoms with E-state index >= 15 is 0 Å². The Kier molecular flexibility index (Phi) is 3.92. The van der Waals surface area contributed by atoms with E-state index in [9.17, 15) is 4.79 Å². The molecule has 0 spiro atoms. The summed E-state index contributed by atoms with van der Waals surface area (Å²) < 4.78 is 5.96. The van der Waals surface area contributed by atoms with Gasteiger partial charge < -0.3 is 9.64 Å². The lowest BCUT2D eigenvalue weighted by molar-refractivity contribution is 0.0691. The van der Waals surface area contributed by atoms with Crippen LogP contribution in [-0.4, -0.2) is 30.0 Å². The smallest absolute Gasteiger partial charge is 0.257 e. The van der Waals surface area contributed by atoms with Gasteiger partial charge in [-0.3, -0.25) is 4.79 Å². The van der Waals surface area contributed by atoms with E-state index in [4.69, 9.17) is 4.74 Å². The van der Waals surface area contributed by atoms with Crippen molar-refractivity contribution in [1.29, 1.82) is 0 Å². The Hall–Kier alpha value is -1.51. The number of para-hydroxylation sites is 1.